The van der Waals surface area contributed by atoms with Gasteiger partial charge in [0.1, 0.15) is 17.5 Å². The molecule has 1 aliphatic heterocycles. The van der Waals surface area contributed by atoms with Crippen molar-refractivity contribution in [2.75, 3.05) is 13.6 Å². The van der Waals surface area contributed by atoms with Crippen LogP contribution in [0.1, 0.15) is 23.9 Å². The van der Waals surface area contributed by atoms with E-state index in [4.69, 9.17) is 0 Å². The topological polar surface area (TPSA) is 97.3 Å². The molecule has 10 heteroatoms. The minimum absolute atomic E-state index is 0. The number of nitrogens with zero attached hydrogens (tertiary/aromatic N) is 7. The van der Waals surface area contributed by atoms with Crippen LogP contribution < -0.4 is 10.6 Å². The molecule has 4 rings (SSSR count). The van der Waals surface area contributed by atoms with Crippen LogP contribution in [0.3, 0.4) is 0 Å². The van der Waals surface area contributed by atoms with E-state index in [0.717, 1.165) is 61.4 Å². The van der Waals surface area contributed by atoms with Crippen LogP contribution >= 0.6 is 24.0 Å². The van der Waals surface area contributed by atoms with Gasteiger partial charge in [-0.15, -0.1) is 34.2 Å². The third-order valence-electron chi connectivity index (χ3n) is 4.55. The highest BCUT2D eigenvalue weighted by molar-refractivity contribution is 14.0. The first-order valence-corrected chi connectivity index (χ1v) is 8.89. The number of aliphatic imine (C=N–C) groups is 1. The van der Waals surface area contributed by atoms with Gasteiger partial charge < -0.3 is 10.6 Å². The zero-order valence-corrected chi connectivity index (χ0v) is 17.8. The number of fused-ring (bicyclic) bond motifs is 2. The molecule has 0 aromatic carbocycles. The summed E-state index contributed by atoms with van der Waals surface area (Å²) in [5.74, 6) is 3.64. The van der Waals surface area contributed by atoms with Crippen molar-refractivity contribution in [3.8, 4) is 0 Å². The van der Waals surface area contributed by atoms with Crippen molar-refractivity contribution >= 4 is 35.6 Å². The Balaban J connectivity index is 0.00000210. The van der Waals surface area contributed by atoms with Crippen molar-refractivity contribution in [1.29, 1.82) is 0 Å². The lowest BCUT2D eigenvalue weighted by Crippen LogP contribution is -2.47. The number of hydrogen-bond acceptors (Lipinski definition) is 5. The summed E-state index contributed by atoms with van der Waals surface area (Å²) in [6.07, 6.45) is 4.70. The van der Waals surface area contributed by atoms with Crippen LogP contribution in [0.15, 0.2) is 29.4 Å². The summed E-state index contributed by atoms with van der Waals surface area (Å²) in [6.45, 7) is 3.48. The maximum atomic E-state index is 4.45. The Kier molecular flexibility index (Phi) is 6.24. The fraction of sp³-hybridized carbons (Fsp3) is 0.471. The van der Waals surface area contributed by atoms with Crippen LogP contribution in [0, 0.1) is 6.92 Å². The normalized spacial score (nSPS) is 16.7. The van der Waals surface area contributed by atoms with Gasteiger partial charge in [0.15, 0.2) is 11.6 Å². The van der Waals surface area contributed by atoms with Gasteiger partial charge in [0.25, 0.3) is 0 Å². The summed E-state index contributed by atoms with van der Waals surface area (Å²) in [7, 11) is 1.79. The Morgan fingerprint density at radius 3 is 3.07 bits per heavy atom. The van der Waals surface area contributed by atoms with Crippen molar-refractivity contribution in [2.45, 2.75) is 38.8 Å². The highest BCUT2D eigenvalue weighted by Gasteiger charge is 2.21. The average Bonchev–Trinajstić information content (AvgIpc) is 3.23. The monoisotopic (exact) mass is 481 g/mol. The minimum Gasteiger partial charge on any atom is -0.356 e. The summed E-state index contributed by atoms with van der Waals surface area (Å²) in [4.78, 5) is 8.78. The molecule has 0 radical (unpaired) electrons. The van der Waals surface area contributed by atoms with E-state index >= 15 is 0 Å². The van der Waals surface area contributed by atoms with E-state index in [0.29, 0.717) is 6.04 Å². The maximum Gasteiger partial charge on any atom is 0.191 e. The van der Waals surface area contributed by atoms with Crippen LogP contribution in [0.5, 0.6) is 0 Å². The smallest absolute Gasteiger partial charge is 0.191 e. The van der Waals surface area contributed by atoms with E-state index in [1.807, 2.05) is 40.4 Å². The third-order valence-corrected chi connectivity index (χ3v) is 4.55. The number of guanidine groups is 1. The number of halogens is 1. The molecule has 0 fully saturated rings. The van der Waals surface area contributed by atoms with Crippen molar-refractivity contribution in [3.05, 3.63) is 41.9 Å². The molecule has 27 heavy (non-hydrogen) atoms. The molecule has 0 bridgehead atoms. The van der Waals surface area contributed by atoms with Gasteiger partial charge in [0, 0.05) is 38.7 Å². The summed E-state index contributed by atoms with van der Waals surface area (Å²) in [6, 6.07) is 6.19. The molecule has 0 saturated carbocycles. The molecular weight excluding hydrogens is 457 g/mol. The first-order chi connectivity index (χ1) is 12.7. The molecule has 144 valence electrons. The molecule has 1 unspecified atom stereocenters. The van der Waals surface area contributed by atoms with Gasteiger partial charge in [0.05, 0.1) is 6.54 Å². The SMILES string of the molecule is CN=C(NCCc1nnc2ccccn12)NC1CCc2nc(C)nn2C1.I. The molecule has 0 amide bonds. The summed E-state index contributed by atoms with van der Waals surface area (Å²) >= 11 is 0. The summed E-state index contributed by atoms with van der Waals surface area (Å²) < 4.78 is 4.00. The van der Waals surface area contributed by atoms with Crippen LogP contribution in [0.25, 0.3) is 5.65 Å². The van der Waals surface area contributed by atoms with E-state index in [-0.39, 0.29) is 24.0 Å². The molecule has 1 aliphatic rings. The van der Waals surface area contributed by atoms with Gasteiger partial charge in [-0.25, -0.2) is 9.67 Å². The molecule has 0 aliphatic carbocycles. The molecule has 9 nitrogen and oxygen atoms in total. The second kappa shape index (κ2) is 8.63. The number of aryl methyl sites for hydroxylation is 2. The molecule has 4 heterocycles. The predicted octanol–water partition coefficient (Wildman–Crippen LogP) is 0.970. The van der Waals surface area contributed by atoms with Gasteiger partial charge in [-0.1, -0.05) is 6.07 Å². The first kappa shape index (κ1) is 19.5. The van der Waals surface area contributed by atoms with E-state index in [1.165, 1.54) is 0 Å². The fourth-order valence-electron chi connectivity index (χ4n) is 3.29. The number of hydrogen-bond donors (Lipinski definition) is 2. The average molecular weight is 481 g/mol. The molecule has 3 aromatic heterocycles. The van der Waals surface area contributed by atoms with Gasteiger partial charge in [0.2, 0.25) is 0 Å². The quantitative estimate of drug-likeness (QED) is 0.328. The van der Waals surface area contributed by atoms with Crippen molar-refractivity contribution in [3.63, 3.8) is 0 Å². The third kappa shape index (κ3) is 4.37. The maximum absolute atomic E-state index is 4.45. The van der Waals surface area contributed by atoms with E-state index in [2.05, 4.69) is 35.9 Å². The lowest BCUT2D eigenvalue weighted by atomic mass is 10.1. The summed E-state index contributed by atoms with van der Waals surface area (Å²) in [5, 5.41) is 19.7. The van der Waals surface area contributed by atoms with Crippen LogP contribution in [-0.2, 0) is 19.4 Å². The Hall–Kier alpha value is -2.24. The highest BCUT2D eigenvalue weighted by atomic mass is 127. The van der Waals surface area contributed by atoms with E-state index in [9.17, 15) is 0 Å². The van der Waals surface area contributed by atoms with Gasteiger partial charge in [-0.05, 0) is 25.5 Å². The lowest BCUT2D eigenvalue weighted by Gasteiger charge is -2.25. The zero-order chi connectivity index (χ0) is 17.9. The second-order valence-electron chi connectivity index (χ2n) is 6.43. The van der Waals surface area contributed by atoms with Gasteiger partial charge >= 0.3 is 0 Å². The Labute approximate surface area is 174 Å². The number of pyridine rings is 1. The molecule has 2 N–H and O–H groups in total. The minimum atomic E-state index is 0. The van der Waals surface area contributed by atoms with Gasteiger partial charge in [-0.3, -0.25) is 9.39 Å². The van der Waals surface area contributed by atoms with Crippen LogP contribution in [0.2, 0.25) is 0 Å². The Bertz CT molecular complexity index is 930. The second-order valence-corrected chi connectivity index (χ2v) is 6.43. The van der Waals surface area contributed by atoms with E-state index < -0.39 is 0 Å². The number of nitrogens with one attached hydrogen (secondary N) is 2. The van der Waals surface area contributed by atoms with Crippen molar-refractivity contribution in [2.24, 2.45) is 4.99 Å². The molecular formula is C17H24IN9. The standard InChI is InChI=1S/C17H23N9.HI/c1-12-20-14-7-6-13(11-26(14)24-12)21-17(18-2)19-9-8-16-23-22-15-5-3-4-10-25(15)16;/h3-5,10,13H,6-9,11H2,1-2H3,(H2,18,19,21);1H. The Morgan fingerprint density at radius 1 is 1.33 bits per heavy atom. The van der Waals surface area contributed by atoms with Crippen LogP contribution in [0.4, 0.5) is 0 Å². The summed E-state index contributed by atoms with van der Waals surface area (Å²) in [5.41, 5.74) is 0.867. The Morgan fingerprint density at radius 2 is 2.22 bits per heavy atom. The molecule has 1 atom stereocenters. The molecule has 0 spiro atoms. The van der Waals surface area contributed by atoms with Crippen molar-refractivity contribution < 1.29 is 0 Å². The van der Waals surface area contributed by atoms with Gasteiger partial charge in [-0.2, -0.15) is 5.10 Å². The largest absolute Gasteiger partial charge is 0.356 e. The van der Waals surface area contributed by atoms with Crippen LogP contribution in [-0.4, -0.2) is 55.0 Å². The highest BCUT2D eigenvalue weighted by Crippen LogP contribution is 2.12. The molecule has 3 aromatic rings. The predicted molar refractivity (Wildman–Crippen MR) is 113 cm³/mol. The number of rotatable bonds is 4. The lowest BCUT2D eigenvalue weighted by molar-refractivity contribution is 0.392. The number of aromatic nitrogens is 6. The zero-order valence-electron chi connectivity index (χ0n) is 15.5. The van der Waals surface area contributed by atoms with E-state index in [1.54, 1.807) is 7.05 Å². The molecule has 0 saturated heterocycles. The fourth-order valence-corrected chi connectivity index (χ4v) is 3.29. The van der Waals surface area contributed by atoms with Crippen molar-refractivity contribution in [1.82, 2.24) is 40.0 Å². The first-order valence-electron chi connectivity index (χ1n) is 8.89.